The van der Waals surface area contributed by atoms with E-state index in [1.54, 1.807) is 28.9 Å². The molecule has 0 radical (unpaired) electrons. The van der Waals surface area contributed by atoms with Gasteiger partial charge in [0.05, 0.1) is 11.9 Å². The monoisotopic (exact) mass is 447 g/mol. The number of nitrogens with zero attached hydrogens (tertiary/aromatic N) is 5. The Labute approximate surface area is 163 Å². The molecule has 1 saturated heterocycles. The highest BCUT2D eigenvalue weighted by Gasteiger charge is 2.35. The van der Waals surface area contributed by atoms with E-state index in [4.69, 9.17) is 0 Å². The lowest BCUT2D eigenvalue weighted by Crippen LogP contribution is -2.54. The van der Waals surface area contributed by atoms with Crippen molar-refractivity contribution in [3.63, 3.8) is 0 Å². The first kappa shape index (κ1) is 19.8. The summed E-state index contributed by atoms with van der Waals surface area (Å²) in [6, 6.07) is 0.113. The summed E-state index contributed by atoms with van der Waals surface area (Å²) < 4.78 is 30.8. The van der Waals surface area contributed by atoms with Crippen molar-refractivity contribution in [1.82, 2.24) is 18.4 Å². The molecule has 0 atom stereocenters. The Morgan fingerprint density at radius 2 is 1.77 bits per heavy atom. The van der Waals surface area contributed by atoms with Gasteiger partial charge in [0.1, 0.15) is 4.47 Å². The summed E-state index contributed by atoms with van der Waals surface area (Å²) in [4.78, 5) is 14.0. The molecule has 1 saturated carbocycles. The largest absolute Gasteiger partial charge is 0.367 e. The summed E-state index contributed by atoms with van der Waals surface area (Å²) in [6.07, 6.45) is 6.93. The SMILES string of the molecule is CN(C1CCCCC1)S(=O)(=O)N1CCN(c2cnn(C)c(=O)c2Br)CC1. The lowest BCUT2D eigenvalue weighted by Gasteiger charge is -2.39. The molecule has 26 heavy (non-hydrogen) atoms. The molecule has 146 valence electrons. The van der Waals surface area contributed by atoms with Crippen molar-refractivity contribution >= 4 is 31.8 Å². The molecular weight excluding hydrogens is 422 g/mol. The van der Waals surface area contributed by atoms with Crippen LogP contribution in [0.25, 0.3) is 0 Å². The Hall–Kier alpha value is -0.970. The van der Waals surface area contributed by atoms with Crippen molar-refractivity contribution in [3.05, 3.63) is 21.0 Å². The zero-order chi connectivity index (χ0) is 18.9. The molecule has 3 rings (SSSR count). The molecular formula is C16H26BrN5O3S. The van der Waals surface area contributed by atoms with Crippen LogP contribution in [-0.2, 0) is 17.3 Å². The van der Waals surface area contributed by atoms with Crippen LogP contribution in [0.5, 0.6) is 0 Å². The van der Waals surface area contributed by atoms with Crippen LogP contribution in [0, 0.1) is 0 Å². The second-order valence-electron chi connectivity index (χ2n) is 6.97. The van der Waals surface area contributed by atoms with Crippen LogP contribution < -0.4 is 10.5 Å². The maximum atomic E-state index is 13.0. The van der Waals surface area contributed by atoms with Gasteiger partial charge in [0.15, 0.2) is 0 Å². The fourth-order valence-electron chi connectivity index (χ4n) is 3.70. The number of hydrogen-bond acceptors (Lipinski definition) is 5. The average molecular weight is 448 g/mol. The van der Waals surface area contributed by atoms with Crippen LogP contribution in [0.3, 0.4) is 0 Å². The lowest BCUT2D eigenvalue weighted by atomic mass is 9.96. The first-order valence-corrected chi connectivity index (χ1v) is 11.2. The Morgan fingerprint density at radius 1 is 1.15 bits per heavy atom. The van der Waals surface area contributed by atoms with Gasteiger partial charge >= 0.3 is 0 Å². The third-order valence-corrected chi connectivity index (χ3v) is 8.21. The van der Waals surface area contributed by atoms with E-state index < -0.39 is 10.2 Å². The molecule has 2 heterocycles. The Morgan fingerprint density at radius 3 is 2.38 bits per heavy atom. The third kappa shape index (κ3) is 3.83. The van der Waals surface area contributed by atoms with E-state index in [2.05, 4.69) is 21.0 Å². The number of aryl methyl sites for hydroxylation is 1. The minimum atomic E-state index is -3.45. The van der Waals surface area contributed by atoms with Gasteiger partial charge in [-0.1, -0.05) is 19.3 Å². The van der Waals surface area contributed by atoms with Crippen LogP contribution >= 0.6 is 15.9 Å². The van der Waals surface area contributed by atoms with Crippen LogP contribution in [0.4, 0.5) is 5.69 Å². The zero-order valence-corrected chi connectivity index (χ0v) is 17.7. The fourth-order valence-corrected chi connectivity index (χ4v) is 5.88. The normalized spacial score (nSPS) is 20.7. The van der Waals surface area contributed by atoms with E-state index in [9.17, 15) is 13.2 Å². The van der Waals surface area contributed by atoms with Gasteiger partial charge in [0.2, 0.25) is 0 Å². The number of hydrogen-bond donors (Lipinski definition) is 0. The standard InChI is InChI=1S/C16H26BrN5O3S/c1-19-16(23)15(17)14(12-18-19)21-8-10-22(11-9-21)26(24,25)20(2)13-6-4-3-5-7-13/h12-13H,3-11H2,1-2H3. The van der Waals surface area contributed by atoms with Gasteiger partial charge in [0, 0.05) is 46.3 Å². The zero-order valence-electron chi connectivity index (χ0n) is 15.3. The summed E-state index contributed by atoms with van der Waals surface area (Å²) in [5.74, 6) is 0. The second kappa shape index (κ2) is 7.95. The maximum Gasteiger partial charge on any atom is 0.282 e. The third-order valence-electron chi connectivity index (χ3n) is 5.42. The van der Waals surface area contributed by atoms with Crippen LogP contribution in [0.2, 0.25) is 0 Å². The highest BCUT2D eigenvalue weighted by Crippen LogP contribution is 2.27. The Balaban J connectivity index is 1.68. The first-order chi connectivity index (χ1) is 12.3. The van der Waals surface area contributed by atoms with Gasteiger partial charge in [-0.3, -0.25) is 4.79 Å². The quantitative estimate of drug-likeness (QED) is 0.691. The molecule has 2 fully saturated rings. The molecule has 0 aromatic carbocycles. The van der Waals surface area contributed by atoms with Gasteiger partial charge in [-0.2, -0.15) is 22.1 Å². The second-order valence-corrected chi connectivity index (χ2v) is 9.76. The summed E-state index contributed by atoms with van der Waals surface area (Å²) in [5, 5.41) is 4.06. The molecule has 1 aliphatic heterocycles. The number of anilines is 1. The molecule has 1 aromatic rings. The lowest BCUT2D eigenvalue weighted by molar-refractivity contribution is 0.259. The smallest absolute Gasteiger partial charge is 0.282 e. The molecule has 0 bridgehead atoms. The van der Waals surface area contributed by atoms with E-state index in [-0.39, 0.29) is 11.6 Å². The fraction of sp³-hybridized carbons (Fsp3) is 0.750. The molecule has 1 aromatic heterocycles. The molecule has 1 aliphatic carbocycles. The Kier molecular flexibility index (Phi) is 6.05. The summed E-state index contributed by atoms with van der Waals surface area (Å²) in [7, 11) is -0.138. The molecule has 0 N–H and O–H groups in total. The highest BCUT2D eigenvalue weighted by molar-refractivity contribution is 9.10. The maximum absolute atomic E-state index is 13.0. The molecule has 0 spiro atoms. The first-order valence-electron chi connectivity index (χ1n) is 9.02. The topological polar surface area (TPSA) is 78.8 Å². The predicted molar refractivity (Wildman–Crippen MR) is 105 cm³/mol. The minimum absolute atomic E-state index is 0.113. The number of aromatic nitrogens is 2. The summed E-state index contributed by atoms with van der Waals surface area (Å²) >= 11 is 3.34. The molecule has 10 heteroatoms. The highest BCUT2D eigenvalue weighted by atomic mass is 79.9. The molecule has 0 amide bonds. The average Bonchev–Trinajstić information content (AvgIpc) is 2.66. The number of piperazine rings is 1. The van der Waals surface area contributed by atoms with Crippen molar-refractivity contribution in [2.45, 2.75) is 38.1 Å². The van der Waals surface area contributed by atoms with Crippen LogP contribution in [-0.4, -0.2) is 66.1 Å². The van der Waals surface area contributed by atoms with Crippen LogP contribution in [0.1, 0.15) is 32.1 Å². The predicted octanol–water partition coefficient (Wildman–Crippen LogP) is 1.17. The van der Waals surface area contributed by atoms with Crippen molar-refractivity contribution in [2.24, 2.45) is 7.05 Å². The molecule has 0 unspecified atom stereocenters. The van der Waals surface area contributed by atoms with Crippen LogP contribution in [0.15, 0.2) is 15.5 Å². The van der Waals surface area contributed by atoms with E-state index in [0.29, 0.717) is 36.3 Å². The van der Waals surface area contributed by atoms with Gasteiger partial charge in [-0.05, 0) is 28.8 Å². The van der Waals surface area contributed by atoms with Gasteiger partial charge in [-0.25, -0.2) is 4.68 Å². The van der Waals surface area contributed by atoms with Gasteiger partial charge < -0.3 is 4.90 Å². The van der Waals surface area contributed by atoms with Gasteiger partial charge in [-0.15, -0.1) is 0 Å². The van der Waals surface area contributed by atoms with E-state index >= 15 is 0 Å². The van der Waals surface area contributed by atoms with Crippen molar-refractivity contribution in [1.29, 1.82) is 0 Å². The van der Waals surface area contributed by atoms with Crippen molar-refractivity contribution < 1.29 is 8.42 Å². The van der Waals surface area contributed by atoms with E-state index in [1.807, 2.05) is 4.90 Å². The summed E-state index contributed by atoms with van der Waals surface area (Å²) in [5.41, 5.74) is 0.514. The summed E-state index contributed by atoms with van der Waals surface area (Å²) in [6.45, 7) is 1.87. The molecule has 2 aliphatic rings. The Bertz CT molecular complexity index is 799. The van der Waals surface area contributed by atoms with Crippen molar-refractivity contribution in [3.8, 4) is 0 Å². The van der Waals surface area contributed by atoms with Crippen molar-refractivity contribution in [2.75, 3.05) is 38.1 Å². The molecule has 8 nitrogen and oxygen atoms in total. The van der Waals surface area contributed by atoms with E-state index in [0.717, 1.165) is 25.7 Å². The van der Waals surface area contributed by atoms with E-state index in [1.165, 1.54) is 11.1 Å². The van der Waals surface area contributed by atoms with Gasteiger partial charge in [0.25, 0.3) is 15.8 Å². The minimum Gasteiger partial charge on any atom is -0.367 e. The number of rotatable bonds is 4. The number of halogens is 1.